The first kappa shape index (κ1) is 25.3. The molecule has 1 aromatic carbocycles. The summed E-state index contributed by atoms with van der Waals surface area (Å²) in [5.74, 6) is 1.77. The number of likely N-dealkylation sites (tertiary alicyclic amines) is 1. The van der Waals surface area contributed by atoms with E-state index in [2.05, 4.69) is 26.7 Å². The van der Waals surface area contributed by atoms with Gasteiger partial charge in [0.1, 0.15) is 5.75 Å². The monoisotopic (exact) mass is 518 g/mol. The minimum atomic E-state index is -0.695. The van der Waals surface area contributed by atoms with Crippen LogP contribution >= 0.6 is 34.7 Å². The predicted molar refractivity (Wildman–Crippen MR) is 142 cm³/mol. The van der Waals surface area contributed by atoms with Crippen LogP contribution < -0.4 is 4.74 Å². The van der Waals surface area contributed by atoms with Crippen molar-refractivity contribution in [1.29, 1.82) is 0 Å². The number of thioether (sulfide) groups is 1. The largest absolute Gasteiger partial charge is 0.497 e. The van der Waals surface area contributed by atoms with Gasteiger partial charge in [0, 0.05) is 47.1 Å². The molecule has 1 N–H and O–H groups in total. The van der Waals surface area contributed by atoms with Gasteiger partial charge in [0.2, 0.25) is 0 Å². The van der Waals surface area contributed by atoms with Crippen molar-refractivity contribution in [3.63, 3.8) is 0 Å². The number of thiophene rings is 1. The molecule has 0 aliphatic carbocycles. The van der Waals surface area contributed by atoms with Crippen LogP contribution in [-0.2, 0) is 11.2 Å². The zero-order valence-corrected chi connectivity index (χ0v) is 21.8. The number of pyridine rings is 1. The highest BCUT2D eigenvalue weighted by molar-refractivity contribution is 7.99. The van der Waals surface area contributed by atoms with Crippen molar-refractivity contribution in [2.45, 2.75) is 37.0 Å². The molecule has 0 amide bonds. The van der Waals surface area contributed by atoms with Gasteiger partial charge in [-0.25, -0.2) is 0 Å². The number of piperidine rings is 1. The van der Waals surface area contributed by atoms with E-state index in [0.717, 1.165) is 73.3 Å². The van der Waals surface area contributed by atoms with E-state index in [1.807, 2.05) is 30.0 Å². The lowest BCUT2D eigenvalue weighted by Gasteiger charge is -2.38. The summed E-state index contributed by atoms with van der Waals surface area (Å²) >= 11 is 10.1. The summed E-state index contributed by atoms with van der Waals surface area (Å²) in [6.45, 7) is 2.92. The van der Waals surface area contributed by atoms with E-state index in [9.17, 15) is 9.90 Å². The molecule has 1 fully saturated rings. The van der Waals surface area contributed by atoms with Crippen molar-refractivity contribution in [2.75, 3.05) is 32.5 Å². The first-order chi connectivity index (χ1) is 16.5. The predicted octanol–water partition coefficient (Wildman–Crippen LogP) is 6.49. The molecule has 4 rings (SSSR count). The minimum absolute atomic E-state index is 0.196. The Morgan fingerprint density at radius 1 is 1.35 bits per heavy atom. The molecule has 0 radical (unpaired) electrons. The Labute approximate surface area is 214 Å². The van der Waals surface area contributed by atoms with Crippen molar-refractivity contribution in [1.82, 2.24) is 9.88 Å². The van der Waals surface area contributed by atoms with E-state index < -0.39 is 5.97 Å². The third-order valence-corrected chi connectivity index (χ3v) is 8.85. The number of aliphatic carboxylic acids is 1. The van der Waals surface area contributed by atoms with E-state index in [1.165, 1.54) is 4.90 Å². The Morgan fingerprint density at radius 2 is 2.24 bits per heavy atom. The van der Waals surface area contributed by atoms with Crippen LogP contribution in [0.3, 0.4) is 0 Å². The molecule has 5 nitrogen and oxygen atoms in total. The highest BCUT2D eigenvalue weighted by Crippen LogP contribution is 2.33. The van der Waals surface area contributed by atoms with Gasteiger partial charge in [-0.15, -0.1) is 11.8 Å². The molecule has 2 aromatic heterocycles. The number of ether oxygens (including phenoxy) is 1. The molecule has 0 spiro atoms. The Morgan fingerprint density at radius 3 is 3.00 bits per heavy atom. The summed E-state index contributed by atoms with van der Waals surface area (Å²) < 4.78 is 5.39. The number of carboxylic acids is 1. The molecular formula is C26H31ClN2O3S2. The first-order valence-electron chi connectivity index (χ1n) is 11.7. The number of benzene rings is 1. The van der Waals surface area contributed by atoms with E-state index in [0.29, 0.717) is 10.9 Å². The second-order valence-electron chi connectivity index (χ2n) is 8.87. The van der Waals surface area contributed by atoms with E-state index >= 15 is 0 Å². The summed E-state index contributed by atoms with van der Waals surface area (Å²) in [4.78, 5) is 19.8. The molecule has 1 aliphatic heterocycles. The Bertz CT molecular complexity index is 1090. The fraction of sp³-hybridized carbons (Fsp3) is 0.462. The standard InChI is InChI=1S/C26H31ClN2O3S2/c1-32-20-5-6-25-23(14-20)22(24(27)15-28-25)4-2-3-18-7-9-29(16-19(18)13-26(30)31)10-12-34-21-8-11-33-17-21/h5-6,8,11,14-15,17-19H,2-4,7,9-10,12-13,16H2,1H3,(H,30,31). The molecule has 2 unspecified atom stereocenters. The topological polar surface area (TPSA) is 62.7 Å². The lowest BCUT2D eigenvalue weighted by molar-refractivity contribution is -0.139. The van der Waals surface area contributed by atoms with Crippen molar-refractivity contribution in [3.05, 3.63) is 51.8 Å². The fourth-order valence-electron chi connectivity index (χ4n) is 4.95. The van der Waals surface area contributed by atoms with Crippen LogP contribution in [0.25, 0.3) is 10.9 Å². The number of rotatable bonds is 11. The highest BCUT2D eigenvalue weighted by Gasteiger charge is 2.30. The average molecular weight is 519 g/mol. The molecule has 1 aliphatic rings. The van der Waals surface area contributed by atoms with Gasteiger partial charge in [0.15, 0.2) is 0 Å². The summed E-state index contributed by atoms with van der Waals surface area (Å²) in [5, 5.41) is 15.5. The van der Waals surface area contributed by atoms with E-state index in [-0.39, 0.29) is 12.3 Å². The molecule has 182 valence electrons. The maximum absolute atomic E-state index is 11.6. The van der Waals surface area contributed by atoms with Crippen LogP contribution in [0.2, 0.25) is 5.02 Å². The van der Waals surface area contributed by atoms with Gasteiger partial charge in [0.05, 0.1) is 17.6 Å². The Kier molecular flexibility index (Phi) is 9.11. The number of hydrogen-bond donors (Lipinski definition) is 1. The van der Waals surface area contributed by atoms with Crippen molar-refractivity contribution in [2.24, 2.45) is 11.8 Å². The van der Waals surface area contributed by atoms with Gasteiger partial charge in [-0.3, -0.25) is 9.78 Å². The number of carbonyl (C=O) groups is 1. The summed E-state index contributed by atoms with van der Waals surface area (Å²) in [7, 11) is 1.66. The molecule has 8 heteroatoms. The third kappa shape index (κ3) is 6.66. The Balaban J connectivity index is 1.34. The van der Waals surface area contributed by atoms with Crippen LogP contribution in [-0.4, -0.2) is 53.5 Å². The maximum Gasteiger partial charge on any atom is 0.303 e. The van der Waals surface area contributed by atoms with Crippen molar-refractivity contribution < 1.29 is 14.6 Å². The van der Waals surface area contributed by atoms with Crippen molar-refractivity contribution >= 4 is 51.6 Å². The number of aromatic nitrogens is 1. The molecule has 0 bridgehead atoms. The average Bonchev–Trinajstić information content (AvgIpc) is 3.34. The zero-order valence-electron chi connectivity index (χ0n) is 19.4. The summed E-state index contributed by atoms with van der Waals surface area (Å²) in [6.07, 6.45) is 5.87. The van der Waals surface area contributed by atoms with Gasteiger partial charge in [-0.05, 0) is 79.3 Å². The molecule has 3 heterocycles. The quantitative estimate of drug-likeness (QED) is 0.293. The smallest absolute Gasteiger partial charge is 0.303 e. The van der Waals surface area contributed by atoms with Crippen LogP contribution in [0.15, 0.2) is 46.1 Å². The first-order valence-corrected chi connectivity index (χ1v) is 14.0. The maximum atomic E-state index is 11.6. The van der Waals surface area contributed by atoms with Crippen LogP contribution in [0, 0.1) is 11.8 Å². The molecule has 2 atom stereocenters. The summed E-state index contributed by atoms with van der Waals surface area (Å²) in [5.41, 5.74) is 2.01. The van der Waals surface area contributed by atoms with Crippen LogP contribution in [0.5, 0.6) is 5.75 Å². The number of carboxylic acid groups (broad SMARTS) is 1. The molecule has 1 saturated heterocycles. The highest BCUT2D eigenvalue weighted by atomic mass is 35.5. The second kappa shape index (κ2) is 12.2. The fourth-order valence-corrected chi connectivity index (χ4v) is 6.98. The lowest BCUT2D eigenvalue weighted by atomic mass is 9.80. The molecule has 34 heavy (non-hydrogen) atoms. The lowest BCUT2D eigenvalue weighted by Crippen LogP contribution is -2.42. The number of hydrogen-bond acceptors (Lipinski definition) is 6. The zero-order chi connectivity index (χ0) is 23.9. The van der Waals surface area contributed by atoms with Crippen LogP contribution in [0.4, 0.5) is 0 Å². The Hall–Kier alpha value is -1.80. The molecular weight excluding hydrogens is 488 g/mol. The number of nitrogens with zero attached hydrogens (tertiary/aromatic N) is 2. The summed E-state index contributed by atoms with van der Waals surface area (Å²) in [6, 6.07) is 8.03. The van der Waals surface area contributed by atoms with Gasteiger partial charge >= 0.3 is 5.97 Å². The number of fused-ring (bicyclic) bond motifs is 1. The second-order valence-corrected chi connectivity index (χ2v) is 11.2. The van der Waals surface area contributed by atoms with Crippen molar-refractivity contribution in [3.8, 4) is 5.75 Å². The van der Waals surface area contributed by atoms with Gasteiger partial charge in [-0.2, -0.15) is 11.3 Å². The number of aryl methyl sites for hydroxylation is 1. The SMILES string of the molecule is COc1ccc2ncc(Cl)c(CCCC3CCN(CCSc4ccsc4)CC3CC(=O)O)c2c1. The van der Waals surface area contributed by atoms with E-state index in [4.69, 9.17) is 16.3 Å². The van der Waals surface area contributed by atoms with Gasteiger partial charge in [0.25, 0.3) is 0 Å². The third-order valence-electron chi connectivity index (χ3n) is 6.72. The number of methoxy groups -OCH3 is 1. The van der Waals surface area contributed by atoms with E-state index in [1.54, 1.807) is 24.6 Å². The van der Waals surface area contributed by atoms with Crippen LogP contribution in [0.1, 0.15) is 31.2 Å². The number of halogens is 1. The van der Waals surface area contributed by atoms with Gasteiger partial charge < -0.3 is 14.7 Å². The van der Waals surface area contributed by atoms with Gasteiger partial charge in [-0.1, -0.05) is 11.6 Å². The minimum Gasteiger partial charge on any atom is -0.497 e. The molecule has 0 saturated carbocycles. The molecule has 3 aromatic rings. The normalized spacial score (nSPS) is 18.9.